The Balaban J connectivity index is 2.10. The van der Waals surface area contributed by atoms with Gasteiger partial charge in [-0.3, -0.25) is 10.1 Å². The van der Waals surface area contributed by atoms with Gasteiger partial charge < -0.3 is 10.1 Å². The fourth-order valence-electron chi connectivity index (χ4n) is 1.41. The van der Waals surface area contributed by atoms with Crippen molar-refractivity contribution in [1.82, 2.24) is 10.6 Å². The topological polar surface area (TPSA) is 50.4 Å². The maximum absolute atomic E-state index is 11.0. The van der Waals surface area contributed by atoms with Crippen molar-refractivity contribution in [2.75, 3.05) is 19.9 Å². The van der Waals surface area contributed by atoms with Gasteiger partial charge in [0.1, 0.15) is 0 Å². The predicted molar refractivity (Wildman–Crippen MR) is 34.2 cm³/mol. The van der Waals surface area contributed by atoms with E-state index >= 15 is 0 Å². The zero-order chi connectivity index (χ0) is 6.97. The SMILES string of the molecule is O=C1NCNC2COCC12. The first-order valence-electron chi connectivity index (χ1n) is 3.47. The van der Waals surface area contributed by atoms with Crippen LogP contribution in [0.2, 0.25) is 0 Å². The maximum atomic E-state index is 11.0. The highest BCUT2D eigenvalue weighted by Crippen LogP contribution is 2.15. The van der Waals surface area contributed by atoms with E-state index in [-0.39, 0.29) is 17.9 Å². The maximum Gasteiger partial charge on any atom is 0.228 e. The van der Waals surface area contributed by atoms with E-state index in [0.717, 1.165) is 0 Å². The molecule has 2 saturated heterocycles. The normalized spacial score (nSPS) is 39.0. The predicted octanol–water partition coefficient (Wildman–Crippen LogP) is -1.32. The van der Waals surface area contributed by atoms with Gasteiger partial charge in [0.05, 0.1) is 25.8 Å². The number of rotatable bonds is 0. The molecule has 0 aromatic rings. The minimum atomic E-state index is 0.0498. The van der Waals surface area contributed by atoms with Gasteiger partial charge in [-0.15, -0.1) is 0 Å². The summed E-state index contributed by atoms with van der Waals surface area (Å²) in [5.41, 5.74) is 0. The average molecular weight is 142 g/mol. The van der Waals surface area contributed by atoms with E-state index in [1.165, 1.54) is 0 Å². The molecule has 2 unspecified atom stereocenters. The molecule has 0 saturated carbocycles. The third-order valence-electron chi connectivity index (χ3n) is 2.04. The molecule has 10 heavy (non-hydrogen) atoms. The van der Waals surface area contributed by atoms with E-state index in [0.29, 0.717) is 19.9 Å². The Morgan fingerprint density at radius 1 is 1.50 bits per heavy atom. The number of amides is 1. The Kier molecular flexibility index (Phi) is 1.35. The second kappa shape index (κ2) is 2.21. The lowest BCUT2D eigenvalue weighted by atomic mass is 10.0. The van der Waals surface area contributed by atoms with Crippen LogP contribution < -0.4 is 10.6 Å². The molecule has 2 N–H and O–H groups in total. The Labute approximate surface area is 58.9 Å². The zero-order valence-electron chi connectivity index (χ0n) is 5.59. The molecule has 2 fully saturated rings. The van der Waals surface area contributed by atoms with Crippen molar-refractivity contribution in [3.05, 3.63) is 0 Å². The number of hydrogen-bond acceptors (Lipinski definition) is 3. The van der Waals surface area contributed by atoms with E-state index in [1.54, 1.807) is 0 Å². The Bertz CT molecular complexity index is 160. The fraction of sp³-hybridized carbons (Fsp3) is 0.833. The van der Waals surface area contributed by atoms with Gasteiger partial charge in [0.2, 0.25) is 5.91 Å². The molecular weight excluding hydrogens is 132 g/mol. The van der Waals surface area contributed by atoms with Crippen molar-refractivity contribution in [3.63, 3.8) is 0 Å². The molecule has 1 amide bonds. The smallest absolute Gasteiger partial charge is 0.228 e. The van der Waals surface area contributed by atoms with Crippen LogP contribution in [0.4, 0.5) is 0 Å². The molecule has 0 radical (unpaired) electrons. The molecule has 56 valence electrons. The van der Waals surface area contributed by atoms with Crippen LogP contribution >= 0.6 is 0 Å². The Hall–Kier alpha value is -0.610. The minimum Gasteiger partial charge on any atom is -0.379 e. The van der Waals surface area contributed by atoms with Gasteiger partial charge in [0, 0.05) is 6.04 Å². The van der Waals surface area contributed by atoms with E-state index in [9.17, 15) is 4.79 Å². The van der Waals surface area contributed by atoms with Crippen LogP contribution in [0.25, 0.3) is 0 Å². The van der Waals surface area contributed by atoms with Gasteiger partial charge >= 0.3 is 0 Å². The van der Waals surface area contributed by atoms with E-state index in [2.05, 4.69) is 10.6 Å². The fourth-order valence-corrected chi connectivity index (χ4v) is 1.41. The van der Waals surface area contributed by atoms with E-state index < -0.39 is 0 Å². The molecule has 2 atom stereocenters. The zero-order valence-corrected chi connectivity index (χ0v) is 5.59. The first-order valence-corrected chi connectivity index (χ1v) is 3.47. The summed E-state index contributed by atoms with van der Waals surface area (Å²) in [7, 11) is 0. The van der Waals surface area contributed by atoms with E-state index in [1.807, 2.05) is 0 Å². The lowest BCUT2D eigenvalue weighted by Gasteiger charge is -2.24. The van der Waals surface area contributed by atoms with Crippen molar-refractivity contribution < 1.29 is 9.53 Å². The van der Waals surface area contributed by atoms with Gasteiger partial charge in [-0.05, 0) is 0 Å². The minimum absolute atomic E-state index is 0.0498. The lowest BCUT2D eigenvalue weighted by molar-refractivity contribution is -0.127. The average Bonchev–Trinajstić information content (AvgIpc) is 2.36. The van der Waals surface area contributed by atoms with Crippen LogP contribution in [-0.2, 0) is 9.53 Å². The number of fused-ring (bicyclic) bond motifs is 1. The van der Waals surface area contributed by atoms with Crippen LogP contribution in [0.3, 0.4) is 0 Å². The van der Waals surface area contributed by atoms with Crippen LogP contribution in [0.5, 0.6) is 0 Å². The largest absolute Gasteiger partial charge is 0.379 e. The summed E-state index contributed by atoms with van der Waals surface area (Å²) in [6.45, 7) is 1.84. The molecule has 0 bridgehead atoms. The van der Waals surface area contributed by atoms with Crippen molar-refractivity contribution in [2.24, 2.45) is 5.92 Å². The summed E-state index contributed by atoms with van der Waals surface area (Å²) in [5, 5.41) is 5.88. The second-order valence-corrected chi connectivity index (χ2v) is 2.67. The molecule has 0 aromatic heterocycles. The molecule has 0 aliphatic carbocycles. The van der Waals surface area contributed by atoms with Crippen molar-refractivity contribution in [2.45, 2.75) is 6.04 Å². The molecule has 4 heteroatoms. The Morgan fingerprint density at radius 2 is 2.40 bits per heavy atom. The third-order valence-corrected chi connectivity index (χ3v) is 2.04. The number of hydrogen-bond donors (Lipinski definition) is 2. The second-order valence-electron chi connectivity index (χ2n) is 2.67. The number of ether oxygens (including phenoxy) is 1. The summed E-state index contributed by atoms with van der Waals surface area (Å²) in [6.07, 6.45) is 0. The van der Waals surface area contributed by atoms with Gasteiger partial charge in [-0.25, -0.2) is 0 Å². The first kappa shape index (κ1) is 6.12. The van der Waals surface area contributed by atoms with Crippen molar-refractivity contribution >= 4 is 5.91 Å². The first-order chi connectivity index (χ1) is 4.88. The summed E-state index contributed by atoms with van der Waals surface area (Å²) in [6, 6.07) is 0.258. The van der Waals surface area contributed by atoms with Gasteiger partial charge in [0.15, 0.2) is 0 Å². The highest BCUT2D eigenvalue weighted by molar-refractivity contribution is 5.80. The van der Waals surface area contributed by atoms with Crippen LogP contribution in [-0.4, -0.2) is 31.8 Å². The molecule has 2 aliphatic heterocycles. The molecule has 0 spiro atoms. The quantitative estimate of drug-likeness (QED) is 0.441. The molecule has 2 rings (SSSR count). The summed E-state index contributed by atoms with van der Waals surface area (Å²) in [5.74, 6) is 0.176. The molecule has 0 aromatic carbocycles. The van der Waals surface area contributed by atoms with Crippen molar-refractivity contribution in [1.29, 1.82) is 0 Å². The molecule has 2 aliphatic rings. The Morgan fingerprint density at radius 3 is 3.20 bits per heavy atom. The molecular formula is C6H10N2O2. The monoisotopic (exact) mass is 142 g/mol. The van der Waals surface area contributed by atoms with Crippen LogP contribution in [0, 0.1) is 5.92 Å². The number of carbonyl (C=O) groups is 1. The highest BCUT2D eigenvalue weighted by Gasteiger charge is 2.36. The molecule has 4 nitrogen and oxygen atoms in total. The van der Waals surface area contributed by atoms with E-state index in [4.69, 9.17) is 4.74 Å². The van der Waals surface area contributed by atoms with Gasteiger partial charge in [-0.2, -0.15) is 0 Å². The van der Waals surface area contributed by atoms with Crippen LogP contribution in [0.1, 0.15) is 0 Å². The standard InChI is InChI=1S/C6H10N2O2/c9-6-4-1-10-2-5(4)7-3-8-6/h4-5,7H,1-3H2,(H,8,9). The van der Waals surface area contributed by atoms with Gasteiger partial charge in [0.25, 0.3) is 0 Å². The van der Waals surface area contributed by atoms with Gasteiger partial charge in [-0.1, -0.05) is 0 Å². The number of carbonyl (C=O) groups excluding carboxylic acids is 1. The summed E-state index contributed by atoms with van der Waals surface area (Å²) >= 11 is 0. The van der Waals surface area contributed by atoms with Crippen molar-refractivity contribution in [3.8, 4) is 0 Å². The summed E-state index contributed by atoms with van der Waals surface area (Å²) in [4.78, 5) is 11.0. The molecule has 2 heterocycles. The third kappa shape index (κ3) is 0.803. The van der Waals surface area contributed by atoms with Crippen LogP contribution in [0.15, 0.2) is 0 Å². The highest BCUT2D eigenvalue weighted by atomic mass is 16.5. The summed E-state index contributed by atoms with van der Waals surface area (Å²) < 4.78 is 5.14. The number of nitrogens with one attached hydrogen (secondary N) is 2. The lowest BCUT2D eigenvalue weighted by Crippen LogP contribution is -2.54.